The topological polar surface area (TPSA) is 12.5 Å². The summed E-state index contributed by atoms with van der Waals surface area (Å²) in [7, 11) is 1.80. The van der Waals surface area contributed by atoms with Gasteiger partial charge in [-0.3, -0.25) is 4.90 Å². The largest absolute Gasteiger partial charge is 0.501 e. The summed E-state index contributed by atoms with van der Waals surface area (Å²) >= 11 is 0. The van der Waals surface area contributed by atoms with Crippen LogP contribution in [0.5, 0.6) is 0 Å². The average Bonchev–Trinajstić information content (AvgIpc) is 2.29. The molecule has 1 aliphatic carbocycles. The average molecular weight is 209 g/mol. The molecule has 0 aromatic heterocycles. The minimum Gasteiger partial charge on any atom is -0.501 e. The fraction of sp³-hybridized carbons (Fsp3) is 0.846. The molecule has 0 spiro atoms. The monoisotopic (exact) mass is 209 g/mol. The van der Waals surface area contributed by atoms with Crippen LogP contribution in [0.1, 0.15) is 39.0 Å². The van der Waals surface area contributed by atoms with Gasteiger partial charge in [-0.25, -0.2) is 0 Å². The molecule has 0 unspecified atom stereocenters. The maximum Gasteiger partial charge on any atom is 0.0919 e. The zero-order chi connectivity index (χ0) is 10.7. The van der Waals surface area contributed by atoms with Crippen LogP contribution >= 0.6 is 0 Å². The van der Waals surface area contributed by atoms with Crippen LogP contribution in [0.4, 0.5) is 0 Å². The third kappa shape index (κ3) is 2.36. The van der Waals surface area contributed by atoms with Gasteiger partial charge in [0.25, 0.3) is 0 Å². The van der Waals surface area contributed by atoms with Crippen LogP contribution in [0.25, 0.3) is 0 Å². The summed E-state index contributed by atoms with van der Waals surface area (Å²) < 4.78 is 5.38. The van der Waals surface area contributed by atoms with Gasteiger partial charge in [0.15, 0.2) is 0 Å². The van der Waals surface area contributed by atoms with Gasteiger partial charge in [0.05, 0.1) is 12.9 Å². The zero-order valence-corrected chi connectivity index (χ0v) is 10.0. The number of piperidine rings is 1. The highest BCUT2D eigenvalue weighted by atomic mass is 16.5. The Hall–Kier alpha value is -0.500. The molecule has 2 heteroatoms. The number of likely N-dealkylation sites (tertiary alicyclic amines) is 1. The second kappa shape index (κ2) is 5.02. The van der Waals surface area contributed by atoms with Crippen LogP contribution in [-0.4, -0.2) is 31.1 Å². The van der Waals surface area contributed by atoms with Gasteiger partial charge in [0.2, 0.25) is 0 Å². The maximum absolute atomic E-state index is 5.38. The second-order valence-electron chi connectivity index (χ2n) is 4.82. The highest BCUT2D eigenvalue weighted by Crippen LogP contribution is 2.35. The van der Waals surface area contributed by atoms with E-state index in [0.29, 0.717) is 0 Å². The van der Waals surface area contributed by atoms with Crippen LogP contribution in [0.2, 0.25) is 0 Å². The summed E-state index contributed by atoms with van der Waals surface area (Å²) in [4.78, 5) is 2.69. The number of ether oxygens (including phenoxy) is 1. The summed E-state index contributed by atoms with van der Waals surface area (Å²) in [5.41, 5.74) is 0. The van der Waals surface area contributed by atoms with Crippen molar-refractivity contribution in [2.24, 2.45) is 5.92 Å². The molecule has 86 valence electrons. The van der Waals surface area contributed by atoms with Crippen molar-refractivity contribution in [3.05, 3.63) is 11.8 Å². The van der Waals surface area contributed by atoms with Crippen LogP contribution in [0.15, 0.2) is 11.8 Å². The molecule has 0 N–H and O–H groups in total. The summed E-state index contributed by atoms with van der Waals surface area (Å²) in [5, 5.41) is 0. The van der Waals surface area contributed by atoms with Gasteiger partial charge >= 0.3 is 0 Å². The Morgan fingerprint density at radius 1 is 1.53 bits per heavy atom. The molecule has 2 rings (SSSR count). The summed E-state index contributed by atoms with van der Waals surface area (Å²) in [6, 6.07) is 0.803. The number of hydrogen-bond donors (Lipinski definition) is 0. The molecule has 1 heterocycles. The molecule has 15 heavy (non-hydrogen) atoms. The third-order valence-electron chi connectivity index (χ3n) is 3.86. The lowest BCUT2D eigenvalue weighted by Gasteiger charge is -2.43. The van der Waals surface area contributed by atoms with Crippen molar-refractivity contribution in [3.8, 4) is 0 Å². The lowest BCUT2D eigenvalue weighted by atomic mass is 9.80. The van der Waals surface area contributed by atoms with Gasteiger partial charge in [0.1, 0.15) is 0 Å². The first-order valence-corrected chi connectivity index (χ1v) is 6.32. The number of rotatable bonds is 3. The molecule has 1 aliphatic heterocycles. The van der Waals surface area contributed by atoms with E-state index in [1.165, 1.54) is 51.0 Å². The van der Waals surface area contributed by atoms with Gasteiger partial charge in [0, 0.05) is 12.5 Å². The predicted molar refractivity (Wildman–Crippen MR) is 62.7 cm³/mol. The second-order valence-corrected chi connectivity index (χ2v) is 4.82. The Morgan fingerprint density at radius 3 is 3.13 bits per heavy atom. The molecule has 0 radical (unpaired) electrons. The number of nitrogens with zero attached hydrogens (tertiary/aromatic N) is 1. The van der Waals surface area contributed by atoms with Crippen molar-refractivity contribution in [1.82, 2.24) is 4.90 Å². The first-order chi connectivity index (χ1) is 7.35. The molecule has 0 saturated carbocycles. The minimum absolute atomic E-state index is 0.803. The van der Waals surface area contributed by atoms with Crippen molar-refractivity contribution in [1.29, 1.82) is 0 Å². The van der Waals surface area contributed by atoms with E-state index in [1.54, 1.807) is 7.11 Å². The first-order valence-electron chi connectivity index (χ1n) is 6.32. The van der Waals surface area contributed by atoms with Gasteiger partial charge < -0.3 is 4.74 Å². The van der Waals surface area contributed by atoms with Gasteiger partial charge in [-0.05, 0) is 50.8 Å². The van der Waals surface area contributed by atoms with E-state index in [4.69, 9.17) is 4.74 Å². The Labute approximate surface area is 93.3 Å². The lowest BCUT2D eigenvalue weighted by molar-refractivity contribution is 0.0747. The van der Waals surface area contributed by atoms with Crippen LogP contribution in [-0.2, 0) is 4.74 Å². The Kier molecular flexibility index (Phi) is 3.68. The molecule has 2 aliphatic rings. The van der Waals surface area contributed by atoms with Crippen molar-refractivity contribution < 1.29 is 4.74 Å². The highest BCUT2D eigenvalue weighted by Gasteiger charge is 2.33. The van der Waals surface area contributed by atoms with Crippen molar-refractivity contribution >= 4 is 0 Å². The van der Waals surface area contributed by atoms with E-state index in [0.717, 1.165) is 12.0 Å². The van der Waals surface area contributed by atoms with Gasteiger partial charge in [-0.2, -0.15) is 0 Å². The molecule has 0 amide bonds. The molecule has 1 saturated heterocycles. The number of allylic oxidation sites excluding steroid dienone is 1. The summed E-state index contributed by atoms with van der Waals surface area (Å²) in [5.74, 6) is 2.07. The smallest absolute Gasteiger partial charge is 0.0919 e. The van der Waals surface area contributed by atoms with E-state index >= 15 is 0 Å². The van der Waals surface area contributed by atoms with E-state index in [1.807, 2.05) is 0 Å². The quantitative estimate of drug-likeness (QED) is 0.708. The van der Waals surface area contributed by atoms with E-state index in [9.17, 15) is 0 Å². The standard InChI is InChI=1S/C13H23NO/c1-3-8-14-9-4-5-11-10-12(15-2)6-7-13(11)14/h6,11,13H,3-5,7-10H2,1-2H3/t11-,13-/m0/s1. The van der Waals surface area contributed by atoms with E-state index < -0.39 is 0 Å². The Bertz CT molecular complexity index is 235. The molecular weight excluding hydrogens is 186 g/mol. The molecule has 0 aromatic rings. The fourth-order valence-electron chi connectivity index (χ4n) is 3.12. The van der Waals surface area contributed by atoms with Crippen LogP contribution < -0.4 is 0 Å². The predicted octanol–water partition coefficient (Wildman–Crippen LogP) is 2.80. The lowest BCUT2D eigenvalue weighted by Crippen LogP contribution is -2.46. The molecule has 1 fully saturated rings. The molecule has 2 nitrogen and oxygen atoms in total. The molecule has 2 atom stereocenters. The van der Waals surface area contributed by atoms with Crippen molar-refractivity contribution in [3.63, 3.8) is 0 Å². The van der Waals surface area contributed by atoms with Crippen LogP contribution in [0.3, 0.4) is 0 Å². The van der Waals surface area contributed by atoms with Gasteiger partial charge in [-0.1, -0.05) is 6.92 Å². The number of fused-ring (bicyclic) bond motifs is 1. The van der Waals surface area contributed by atoms with Gasteiger partial charge in [-0.15, -0.1) is 0 Å². The Balaban J connectivity index is 2.01. The summed E-state index contributed by atoms with van der Waals surface area (Å²) in [6.45, 7) is 4.87. The van der Waals surface area contributed by atoms with Crippen LogP contribution in [0, 0.1) is 5.92 Å². The van der Waals surface area contributed by atoms with Crippen molar-refractivity contribution in [2.45, 2.75) is 45.1 Å². The normalized spacial score (nSPS) is 32.0. The molecule has 0 aromatic carbocycles. The third-order valence-corrected chi connectivity index (χ3v) is 3.86. The minimum atomic E-state index is 0.803. The SMILES string of the molecule is CCCN1CCC[C@H]2CC(OC)=CC[C@@H]21. The first kappa shape index (κ1) is 11.0. The zero-order valence-electron chi connectivity index (χ0n) is 10.0. The molecular formula is C13H23NO. The van der Waals surface area contributed by atoms with Crippen molar-refractivity contribution in [2.75, 3.05) is 20.2 Å². The summed E-state index contributed by atoms with van der Waals surface area (Å²) in [6.07, 6.45) is 8.72. The Morgan fingerprint density at radius 2 is 2.40 bits per heavy atom. The van der Waals surface area contributed by atoms with E-state index in [2.05, 4.69) is 17.9 Å². The highest BCUT2D eigenvalue weighted by molar-refractivity contribution is 5.06. The van der Waals surface area contributed by atoms with E-state index in [-0.39, 0.29) is 0 Å². The maximum atomic E-state index is 5.38. The number of methoxy groups -OCH3 is 1. The molecule has 0 bridgehead atoms. The number of hydrogen-bond acceptors (Lipinski definition) is 2. The fourth-order valence-corrected chi connectivity index (χ4v) is 3.12.